The SMILES string of the molecule is CCN(CCCS(=O)CCC(F)(F)F)c1cn(-c2cccnc2)nc1Cl. The highest BCUT2D eigenvalue weighted by atomic mass is 35.5. The molecule has 0 N–H and O–H groups in total. The molecule has 10 heteroatoms. The van der Waals surface area contributed by atoms with E-state index in [4.69, 9.17) is 11.6 Å². The summed E-state index contributed by atoms with van der Waals surface area (Å²) in [5.41, 5.74) is 1.49. The predicted molar refractivity (Wildman–Crippen MR) is 97.4 cm³/mol. The lowest BCUT2D eigenvalue weighted by Crippen LogP contribution is -2.25. The molecule has 144 valence electrons. The Kier molecular flexibility index (Phi) is 7.45. The maximum absolute atomic E-state index is 12.2. The van der Waals surface area contributed by atoms with Crippen LogP contribution in [0.3, 0.4) is 0 Å². The van der Waals surface area contributed by atoms with E-state index in [1.54, 1.807) is 29.3 Å². The molecule has 1 atom stereocenters. The highest BCUT2D eigenvalue weighted by molar-refractivity contribution is 7.84. The van der Waals surface area contributed by atoms with Gasteiger partial charge in [0.15, 0.2) is 5.15 Å². The van der Waals surface area contributed by atoms with Crippen LogP contribution in [-0.2, 0) is 10.8 Å². The normalized spacial score (nSPS) is 13.0. The third-order valence-corrected chi connectivity index (χ3v) is 5.37. The van der Waals surface area contributed by atoms with Crippen LogP contribution in [0.4, 0.5) is 18.9 Å². The van der Waals surface area contributed by atoms with Gasteiger partial charge in [-0.2, -0.15) is 18.3 Å². The van der Waals surface area contributed by atoms with Crippen molar-refractivity contribution in [3.63, 3.8) is 0 Å². The fourth-order valence-corrected chi connectivity index (χ4v) is 3.74. The van der Waals surface area contributed by atoms with Gasteiger partial charge in [0.2, 0.25) is 0 Å². The summed E-state index contributed by atoms with van der Waals surface area (Å²) in [4.78, 5) is 6.00. The smallest absolute Gasteiger partial charge is 0.368 e. The molecule has 0 saturated heterocycles. The molecule has 0 fully saturated rings. The quantitative estimate of drug-likeness (QED) is 0.632. The summed E-state index contributed by atoms with van der Waals surface area (Å²) in [6, 6.07) is 3.64. The Labute approximate surface area is 157 Å². The van der Waals surface area contributed by atoms with Crippen LogP contribution in [-0.4, -0.2) is 49.7 Å². The van der Waals surface area contributed by atoms with Crippen molar-refractivity contribution in [2.24, 2.45) is 0 Å². The van der Waals surface area contributed by atoms with Crippen molar-refractivity contribution in [3.05, 3.63) is 35.9 Å². The number of aromatic nitrogens is 3. The molecule has 0 aromatic carbocycles. The molecule has 2 aromatic rings. The number of rotatable bonds is 9. The fraction of sp³-hybridized carbons (Fsp3) is 0.500. The summed E-state index contributed by atoms with van der Waals surface area (Å²) in [5, 5.41) is 4.59. The average molecular weight is 409 g/mol. The summed E-state index contributed by atoms with van der Waals surface area (Å²) >= 11 is 6.23. The van der Waals surface area contributed by atoms with Crippen LogP contribution in [0.25, 0.3) is 5.69 Å². The van der Waals surface area contributed by atoms with E-state index >= 15 is 0 Å². The number of hydrogen-bond acceptors (Lipinski definition) is 4. The predicted octanol–water partition coefficient (Wildman–Crippen LogP) is 3.84. The Morgan fingerprint density at radius 1 is 1.35 bits per heavy atom. The van der Waals surface area contributed by atoms with E-state index in [0.717, 1.165) is 11.4 Å². The molecule has 2 rings (SSSR count). The summed E-state index contributed by atoms with van der Waals surface area (Å²) in [6.45, 7) is 3.12. The highest BCUT2D eigenvalue weighted by Gasteiger charge is 2.27. The number of pyridine rings is 1. The lowest BCUT2D eigenvalue weighted by molar-refractivity contribution is -0.129. The summed E-state index contributed by atoms with van der Waals surface area (Å²) < 4.78 is 49.8. The van der Waals surface area contributed by atoms with Gasteiger partial charge in [-0.15, -0.1) is 0 Å². The Morgan fingerprint density at radius 2 is 2.12 bits per heavy atom. The van der Waals surface area contributed by atoms with E-state index in [0.29, 0.717) is 24.7 Å². The second kappa shape index (κ2) is 9.36. The third-order valence-electron chi connectivity index (χ3n) is 3.70. The molecule has 0 aliphatic rings. The number of anilines is 1. The van der Waals surface area contributed by atoms with Gasteiger partial charge in [0.05, 0.1) is 30.2 Å². The molecular formula is C16H20ClF3N4OS. The average Bonchev–Trinajstić information content (AvgIpc) is 2.99. The van der Waals surface area contributed by atoms with E-state index in [-0.39, 0.29) is 11.5 Å². The largest absolute Gasteiger partial charge is 0.390 e. The topological polar surface area (TPSA) is 51.0 Å². The monoisotopic (exact) mass is 408 g/mol. The standard InChI is InChI=1S/C16H20ClF3N4OS/c1-2-23(8-4-9-26(25)10-6-16(18,19)20)14-12-24(22-15(14)17)13-5-3-7-21-11-13/h3,5,7,11-12H,2,4,6,8-10H2,1H3. The van der Waals surface area contributed by atoms with Gasteiger partial charge in [-0.3, -0.25) is 9.19 Å². The van der Waals surface area contributed by atoms with Crippen LogP contribution in [0.5, 0.6) is 0 Å². The van der Waals surface area contributed by atoms with Gasteiger partial charge in [-0.1, -0.05) is 11.6 Å². The first kappa shape index (κ1) is 20.7. The van der Waals surface area contributed by atoms with Gasteiger partial charge in [0, 0.05) is 41.6 Å². The first-order valence-electron chi connectivity index (χ1n) is 8.12. The Balaban J connectivity index is 1.93. The maximum Gasteiger partial charge on any atom is 0.390 e. The second-order valence-electron chi connectivity index (χ2n) is 5.61. The summed E-state index contributed by atoms with van der Waals surface area (Å²) in [7, 11) is -1.48. The van der Waals surface area contributed by atoms with Gasteiger partial charge in [0.25, 0.3) is 0 Å². The van der Waals surface area contributed by atoms with Crippen molar-refractivity contribution in [2.45, 2.75) is 25.9 Å². The second-order valence-corrected chi connectivity index (χ2v) is 7.66. The molecule has 0 spiro atoms. The van der Waals surface area contributed by atoms with Crippen molar-refractivity contribution in [3.8, 4) is 5.69 Å². The zero-order valence-corrected chi connectivity index (χ0v) is 15.8. The number of alkyl halides is 3. The first-order valence-corrected chi connectivity index (χ1v) is 9.99. The summed E-state index contributed by atoms with van der Waals surface area (Å²) in [5.74, 6) is -0.129. The molecule has 26 heavy (non-hydrogen) atoms. The molecule has 0 bridgehead atoms. The molecular weight excluding hydrogens is 389 g/mol. The minimum atomic E-state index is -4.26. The van der Waals surface area contributed by atoms with Gasteiger partial charge in [0.1, 0.15) is 0 Å². The van der Waals surface area contributed by atoms with Gasteiger partial charge in [-0.05, 0) is 25.5 Å². The zero-order chi connectivity index (χ0) is 19.2. The molecule has 0 aliphatic heterocycles. The van der Waals surface area contributed by atoms with E-state index in [1.807, 2.05) is 17.9 Å². The van der Waals surface area contributed by atoms with Gasteiger partial charge < -0.3 is 4.90 Å². The molecule has 1 unspecified atom stereocenters. The molecule has 2 heterocycles. The van der Waals surface area contributed by atoms with E-state index in [1.165, 1.54) is 0 Å². The lowest BCUT2D eigenvalue weighted by Gasteiger charge is -2.21. The molecule has 0 amide bonds. The van der Waals surface area contributed by atoms with Crippen LogP contribution in [0, 0.1) is 0 Å². The van der Waals surface area contributed by atoms with Crippen molar-refractivity contribution < 1.29 is 17.4 Å². The van der Waals surface area contributed by atoms with Gasteiger partial charge in [-0.25, -0.2) is 4.68 Å². The molecule has 5 nitrogen and oxygen atoms in total. The minimum Gasteiger partial charge on any atom is -0.368 e. The number of nitrogens with zero attached hydrogens (tertiary/aromatic N) is 4. The van der Waals surface area contributed by atoms with E-state index < -0.39 is 23.4 Å². The Morgan fingerprint density at radius 3 is 2.73 bits per heavy atom. The molecule has 0 aliphatic carbocycles. The van der Waals surface area contributed by atoms with Crippen LogP contribution < -0.4 is 4.90 Å². The van der Waals surface area contributed by atoms with Crippen LogP contribution >= 0.6 is 11.6 Å². The Hall–Kier alpha value is -1.61. The summed E-state index contributed by atoms with van der Waals surface area (Å²) in [6.07, 6.45) is 0.330. The van der Waals surface area contributed by atoms with Crippen molar-refractivity contribution in [1.29, 1.82) is 0 Å². The number of halogens is 4. The van der Waals surface area contributed by atoms with E-state index in [2.05, 4.69) is 10.1 Å². The molecule has 0 saturated carbocycles. The highest BCUT2D eigenvalue weighted by Crippen LogP contribution is 2.26. The zero-order valence-electron chi connectivity index (χ0n) is 14.2. The van der Waals surface area contributed by atoms with Crippen LogP contribution in [0.15, 0.2) is 30.7 Å². The van der Waals surface area contributed by atoms with Crippen molar-refractivity contribution >= 4 is 28.1 Å². The van der Waals surface area contributed by atoms with Gasteiger partial charge >= 0.3 is 6.18 Å². The van der Waals surface area contributed by atoms with E-state index in [9.17, 15) is 17.4 Å². The molecule has 0 radical (unpaired) electrons. The number of hydrogen-bond donors (Lipinski definition) is 0. The third kappa shape index (κ3) is 6.28. The van der Waals surface area contributed by atoms with Crippen molar-refractivity contribution in [1.82, 2.24) is 14.8 Å². The minimum absolute atomic E-state index is 0.223. The van der Waals surface area contributed by atoms with Crippen LogP contribution in [0.2, 0.25) is 5.15 Å². The Bertz CT molecular complexity index is 724. The lowest BCUT2D eigenvalue weighted by atomic mass is 10.3. The van der Waals surface area contributed by atoms with Crippen LogP contribution in [0.1, 0.15) is 19.8 Å². The first-order chi connectivity index (χ1) is 12.3. The fourth-order valence-electron chi connectivity index (χ4n) is 2.37. The van der Waals surface area contributed by atoms with Crippen molar-refractivity contribution in [2.75, 3.05) is 29.5 Å². The maximum atomic E-state index is 12.2. The molecule has 2 aromatic heterocycles.